The quantitative estimate of drug-likeness (QED) is 0.759. The van der Waals surface area contributed by atoms with E-state index in [9.17, 15) is 4.39 Å². The van der Waals surface area contributed by atoms with Gasteiger partial charge in [0.1, 0.15) is 5.82 Å². The molecule has 0 saturated heterocycles. The first-order valence-corrected chi connectivity index (χ1v) is 5.29. The molecule has 1 nitrogen and oxygen atoms in total. The van der Waals surface area contributed by atoms with Crippen molar-refractivity contribution in [3.05, 3.63) is 47.3 Å². The highest BCUT2D eigenvalue weighted by atomic mass is 35.5. The second-order valence-corrected chi connectivity index (χ2v) is 3.95. The lowest BCUT2D eigenvalue weighted by atomic mass is 10.2. The SMILES string of the molecule is C=CCC(C)NCc1ccc(F)cc1Cl. The fraction of sp³-hybridized carbons (Fsp3) is 0.333. The van der Waals surface area contributed by atoms with Crippen molar-refractivity contribution in [2.75, 3.05) is 0 Å². The summed E-state index contributed by atoms with van der Waals surface area (Å²) < 4.78 is 12.7. The van der Waals surface area contributed by atoms with E-state index in [-0.39, 0.29) is 5.82 Å². The maximum Gasteiger partial charge on any atom is 0.124 e. The second kappa shape index (κ2) is 5.89. The molecule has 1 aromatic rings. The Bertz CT molecular complexity index is 338. The van der Waals surface area contributed by atoms with Gasteiger partial charge in [-0.25, -0.2) is 4.39 Å². The van der Waals surface area contributed by atoms with Crippen LogP contribution in [0.1, 0.15) is 18.9 Å². The van der Waals surface area contributed by atoms with Crippen molar-refractivity contribution in [2.24, 2.45) is 0 Å². The minimum Gasteiger partial charge on any atom is -0.310 e. The van der Waals surface area contributed by atoms with Crippen LogP contribution < -0.4 is 5.32 Å². The van der Waals surface area contributed by atoms with E-state index in [2.05, 4.69) is 18.8 Å². The molecule has 0 aromatic heterocycles. The van der Waals surface area contributed by atoms with Crippen molar-refractivity contribution in [1.82, 2.24) is 5.32 Å². The number of nitrogens with one attached hydrogen (secondary N) is 1. The average molecular weight is 228 g/mol. The van der Waals surface area contributed by atoms with E-state index >= 15 is 0 Å². The summed E-state index contributed by atoms with van der Waals surface area (Å²) in [6, 6.07) is 4.80. The molecule has 1 aromatic carbocycles. The first-order chi connectivity index (χ1) is 7.13. The Hall–Kier alpha value is -0.860. The zero-order valence-corrected chi connectivity index (χ0v) is 9.52. The van der Waals surface area contributed by atoms with Crippen molar-refractivity contribution in [1.29, 1.82) is 0 Å². The lowest BCUT2D eigenvalue weighted by Crippen LogP contribution is -2.24. The lowest BCUT2D eigenvalue weighted by molar-refractivity contribution is 0.553. The molecule has 0 saturated carbocycles. The normalized spacial score (nSPS) is 12.5. The van der Waals surface area contributed by atoms with Gasteiger partial charge in [-0.15, -0.1) is 6.58 Å². The molecule has 1 rings (SSSR count). The zero-order chi connectivity index (χ0) is 11.3. The molecule has 3 heteroatoms. The minimum absolute atomic E-state index is 0.303. The van der Waals surface area contributed by atoms with Gasteiger partial charge in [-0.1, -0.05) is 23.7 Å². The van der Waals surface area contributed by atoms with Crippen LogP contribution in [0.5, 0.6) is 0 Å². The largest absolute Gasteiger partial charge is 0.310 e. The molecule has 0 aliphatic rings. The monoisotopic (exact) mass is 227 g/mol. The fourth-order valence-electron chi connectivity index (χ4n) is 1.28. The van der Waals surface area contributed by atoms with Gasteiger partial charge < -0.3 is 5.32 Å². The summed E-state index contributed by atoms with van der Waals surface area (Å²) in [6.45, 7) is 6.38. The number of benzene rings is 1. The van der Waals surface area contributed by atoms with E-state index in [0.717, 1.165) is 12.0 Å². The third-order valence-corrected chi connectivity index (χ3v) is 2.53. The molecular formula is C12H15ClFN. The van der Waals surface area contributed by atoms with Crippen molar-refractivity contribution in [3.63, 3.8) is 0 Å². The number of hydrogen-bond acceptors (Lipinski definition) is 1. The Kier molecular flexibility index (Phi) is 4.79. The molecule has 0 spiro atoms. The molecule has 0 amide bonds. The standard InChI is InChI=1S/C12H15ClFN/c1-3-4-9(2)15-8-10-5-6-11(14)7-12(10)13/h3,5-7,9,15H,1,4,8H2,2H3. The molecule has 15 heavy (non-hydrogen) atoms. The molecule has 1 N–H and O–H groups in total. The molecule has 0 heterocycles. The van der Waals surface area contributed by atoms with Crippen LogP contribution in [0.4, 0.5) is 4.39 Å². The maximum absolute atomic E-state index is 12.7. The van der Waals surface area contributed by atoms with Crippen LogP contribution in [0.2, 0.25) is 5.02 Å². The summed E-state index contributed by atoms with van der Waals surface area (Å²) in [5.41, 5.74) is 0.911. The topological polar surface area (TPSA) is 12.0 Å². The van der Waals surface area contributed by atoms with Crippen LogP contribution in [-0.4, -0.2) is 6.04 Å². The summed E-state index contributed by atoms with van der Waals surface area (Å²) >= 11 is 5.89. The van der Waals surface area contributed by atoms with Gasteiger partial charge in [0.25, 0.3) is 0 Å². The predicted molar refractivity (Wildman–Crippen MR) is 62.5 cm³/mol. The molecule has 0 aliphatic carbocycles. The molecule has 82 valence electrons. The van der Waals surface area contributed by atoms with Gasteiger partial charge in [-0.05, 0) is 31.0 Å². The third kappa shape index (κ3) is 4.02. The molecule has 0 radical (unpaired) electrons. The fourth-order valence-corrected chi connectivity index (χ4v) is 1.52. The van der Waals surface area contributed by atoms with E-state index in [1.165, 1.54) is 12.1 Å². The first-order valence-electron chi connectivity index (χ1n) is 4.91. The van der Waals surface area contributed by atoms with Crippen molar-refractivity contribution < 1.29 is 4.39 Å². The summed E-state index contributed by atoms with van der Waals surface area (Å²) in [7, 11) is 0. The van der Waals surface area contributed by atoms with Crippen molar-refractivity contribution in [3.8, 4) is 0 Å². The van der Waals surface area contributed by atoms with E-state index < -0.39 is 0 Å². The summed E-state index contributed by atoms with van der Waals surface area (Å²) in [4.78, 5) is 0. The lowest BCUT2D eigenvalue weighted by Gasteiger charge is -2.12. The molecule has 0 bridgehead atoms. The highest BCUT2D eigenvalue weighted by Gasteiger charge is 2.03. The minimum atomic E-state index is -0.303. The Labute approximate surface area is 95.0 Å². The molecule has 1 atom stereocenters. The van der Waals surface area contributed by atoms with Crippen LogP contribution >= 0.6 is 11.6 Å². The first kappa shape index (κ1) is 12.2. The Morgan fingerprint density at radius 3 is 2.93 bits per heavy atom. The van der Waals surface area contributed by atoms with Crippen LogP contribution in [0, 0.1) is 5.82 Å². The highest BCUT2D eigenvalue weighted by Crippen LogP contribution is 2.17. The van der Waals surface area contributed by atoms with Crippen LogP contribution in [0.25, 0.3) is 0 Å². The van der Waals surface area contributed by atoms with Gasteiger partial charge >= 0.3 is 0 Å². The van der Waals surface area contributed by atoms with Crippen LogP contribution in [0.3, 0.4) is 0 Å². The molecule has 0 aliphatic heterocycles. The predicted octanol–water partition coefficient (Wildman–Crippen LogP) is 3.53. The van der Waals surface area contributed by atoms with Gasteiger partial charge in [0.15, 0.2) is 0 Å². The van der Waals surface area contributed by atoms with E-state index in [4.69, 9.17) is 11.6 Å². The Balaban J connectivity index is 2.54. The maximum atomic E-state index is 12.7. The van der Waals surface area contributed by atoms with Gasteiger partial charge in [0.05, 0.1) is 0 Å². The highest BCUT2D eigenvalue weighted by molar-refractivity contribution is 6.31. The van der Waals surface area contributed by atoms with Crippen molar-refractivity contribution >= 4 is 11.6 Å². The van der Waals surface area contributed by atoms with Gasteiger partial charge in [0, 0.05) is 17.6 Å². The summed E-state index contributed by atoms with van der Waals surface area (Å²) in [5, 5.41) is 3.75. The van der Waals surface area contributed by atoms with Gasteiger partial charge in [-0.3, -0.25) is 0 Å². The summed E-state index contributed by atoms with van der Waals surface area (Å²) in [6.07, 6.45) is 2.77. The second-order valence-electron chi connectivity index (χ2n) is 3.54. The van der Waals surface area contributed by atoms with Crippen LogP contribution in [-0.2, 0) is 6.54 Å². The molecule has 0 fully saturated rings. The zero-order valence-electron chi connectivity index (χ0n) is 8.76. The van der Waals surface area contributed by atoms with E-state index in [1.807, 2.05) is 6.08 Å². The third-order valence-electron chi connectivity index (χ3n) is 2.18. The Morgan fingerprint density at radius 1 is 1.60 bits per heavy atom. The van der Waals surface area contributed by atoms with Crippen molar-refractivity contribution in [2.45, 2.75) is 25.9 Å². The average Bonchev–Trinajstić information content (AvgIpc) is 2.17. The Morgan fingerprint density at radius 2 is 2.33 bits per heavy atom. The van der Waals surface area contributed by atoms with E-state index in [0.29, 0.717) is 17.6 Å². The molecule has 1 unspecified atom stereocenters. The smallest absolute Gasteiger partial charge is 0.124 e. The van der Waals surface area contributed by atoms with Gasteiger partial charge in [-0.2, -0.15) is 0 Å². The molecular weight excluding hydrogens is 213 g/mol. The number of halogens is 2. The van der Waals surface area contributed by atoms with E-state index in [1.54, 1.807) is 6.07 Å². The number of rotatable bonds is 5. The summed E-state index contributed by atoms with van der Waals surface area (Å²) in [5.74, 6) is -0.303. The van der Waals surface area contributed by atoms with Crippen LogP contribution in [0.15, 0.2) is 30.9 Å². The van der Waals surface area contributed by atoms with Gasteiger partial charge in [0.2, 0.25) is 0 Å². The number of hydrogen-bond donors (Lipinski definition) is 1.